The van der Waals surface area contributed by atoms with Crippen molar-refractivity contribution in [3.8, 4) is 5.75 Å². The first-order chi connectivity index (χ1) is 10.1. The third kappa shape index (κ3) is 6.63. The lowest BCUT2D eigenvalue weighted by atomic mass is 10.1. The van der Waals surface area contributed by atoms with Crippen LogP contribution in [0.25, 0.3) is 0 Å². The molecule has 1 aliphatic rings. The Morgan fingerprint density at radius 3 is 2.90 bits per heavy atom. The molecule has 1 amide bonds. The predicted octanol–water partition coefficient (Wildman–Crippen LogP) is 3.05. The monoisotopic (exact) mass is 290 g/mol. The van der Waals surface area contributed by atoms with E-state index in [1.807, 2.05) is 24.3 Å². The van der Waals surface area contributed by atoms with Crippen molar-refractivity contribution in [3.05, 3.63) is 24.3 Å². The normalized spacial score (nSPS) is 14.2. The SMILES string of the molecule is CC(C)CCOc1cccc(NC(=O)CNCC2CC2)c1. The molecule has 0 radical (unpaired) electrons. The minimum atomic E-state index is -0.00465. The fourth-order valence-corrected chi connectivity index (χ4v) is 1.99. The van der Waals surface area contributed by atoms with Crippen LogP contribution < -0.4 is 15.4 Å². The van der Waals surface area contributed by atoms with Gasteiger partial charge in [-0.25, -0.2) is 0 Å². The minimum absolute atomic E-state index is 0.00465. The quantitative estimate of drug-likeness (QED) is 0.735. The van der Waals surface area contributed by atoms with Gasteiger partial charge in [-0.1, -0.05) is 19.9 Å². The van der Waals surface area contributed by atoms with Crippen LogP contribution in [0.1, 0.15) is 33.1 Å². The third-order valence-corrected chi connectivity index (χ3v) is 3.50. The van der Waals surface area contributed by atoms with E-state index in [2.05, 4.69) is 24.5 Å². The Morgan fingerprint density at radius 2 is 2.19 bits per heavy atom. The molecule has 1 saturated carbocycles. The molecular formula is C17H26N2O2. The first-order valence-corrected chi connectivity index (χ1v) is 7.87. The number of carbonyl (C=O) groups is 1. The number of rotatable bonds is 9. The van der Waals surface area contributed by atoms with Crippen LogP contribution in [0.4, 0.5) is 5.69 Å². The molecular weight excluding hydrogens is 264 g/mol. The Hall–Kier alpha value is -1.55. The molecule has 0 unspecified atom stereocenters. The van der Waals surface area contributed by atoms with Crippen molar-refractivity contribution in [2.24, 2.45) is 11.8 Å². The number of amides is 1. The summed E-state index contributed by atoms with van der Waals surface area (Å²) in [5.41, 5.74) is 0.787. The second kappa shape index (κ2) is 8.03. The molecule has 2 N–H and O–H groups in total. The molecule has 4 heteroatoms. The average Bonchev–Trinajstić information content (AvgIpc) is 3.23. The Kier molecular flexibility index (Phi) is 6.05. The summed E-state index contributed by atoms with van der Waals surface area (Å²) in [6, 6.07) is 7.58. The molecule has 0 bridgehead atoms. The summed E-state index contributed by atoms with van der Waals surface area (Å²) in [4.78, 5) is 11.8. The van der Waals surface area contributed by atoms with Crippen LogP contribution in [-0.4, -0.2) is 25.6 Å². The highest BCUT2D eigenvalue weighted by atomic mass is 16.5. The van der Waals surface area contributed by atoms with Crippen LogP contribution in [0, 0.1) is 11.8 Å². The summed E-state index contributed by atoms with van der Waals surface area (Å²) < 4.78 is 5.69. The minimum Gasteiger partial charge on any atom is -0.494 e. The van der Waals surface area contributed by atoms with Crippen LogP contribution in [0.2, 0.25) is 0 Å². The van der Waals surface area contributed by atoms with Gasteiger partial charge in [-0.3, -0.25) is 4.79 Å². The number of hydrogen-bond donors (Lipinski definition) is 2. The second-order valence-corrected chi connectivity index (χ2v) is 6.18. The van der Waals surface area contributed by atoms with Crippen molar-refractivity contribution in [1.82, 2.24) is 5.32 Å². The summed E-state index contributed by atoms with van der Waals surface area (Å²) in [7, 11) is 0. The standard InChI is InChI=1S/C17H26N2O2/c1-13(2)8-9-21-16-5-3-4-15(10-16)19-17(20)12-18-11-14-6-7-14/h3-5,10,13-14,18H,6-9,11-12H2,1-2H3,(H,19,20). The predicted molar refractivity (Wildman–Crippen MR) is 85.6 cm³/mol. The van der Waals surface area contributed by atoms with E-state index >= 15 is 0 Å². The zero-order valence-corrected chi connectivity index (χ0v) is 13.0. The first-order valence-electron chi connectivity index (χ1n) is 7.87. The maximum Gasteiger partial charge on any atom is 0.238 e. The van der Waals surface area contributed by atoms with Crippen LogP contribution in [0.5, 0.6) is 5.75 Å². The van der Waals surface area contributed by atoms with Gasteiger partial charge in [0, 0.05) is 11.8 Å². The molecule has 0 aromatic heterocycles. The van der Waals surface area contributed by atoms with Gasteiger partial charge in [0.1, 0.15) is 5.75 Å². The van der Waals surface area contributed by atoms with Gasteiger partial charge >= 0.3 is 0 Å². The number of ether oxygens (including phenoxy) is 1. The summed E-state index contributed by atoms with van der Waals surface area (Å²) in [6.45, 7) is 6.38. The number of nitrogens with one attached hydrogen (secondary N) is 2. The molecule has 116 valence electrons. The molecule has 0 saturated heterocycles. The number of benzene rings is 1. The summed E-state index contributed by atoms with van der Waals surface area (Å²) >= 11 is 0. The lowest BCUT2D eigenvalue weighted by molar-refractivity contribution is -0.115. The van der Waals surface area contributed by atoms with Gasteiger partial charge in [0.15, 0.2) is 0 Å². The van der Waals surface area contributed by atoms with E-state index < -0.39 is 0 Å². The van der Waals surface area contributed by atoms with Crippen LogP contribution in [-0.2, 0) is 4.79 Å². The third-order valence-electron chi connectivity index (χ3n) is 3.50. The van der Waals surface area contributed by atoms with E-state index in [1.165, 1.54) is 12.8 Å². The van der Waals surface area contributed by atoms with Gasteiger partial charge in [-0.15, -0.1) is 0 Å². The van der Waals surface area contributed by atoms with Crippen LogP contribution >= 0.6 is 0 Å². The first kappa shape index (κ1) is 15.8. The molecule has 0 atom stereocenters. The molecule has 1 fully saturated rings. The van der Waals surface area contributed by atoms with Crippen molar-refractivity contribution >= 4 is 11.6 Å². The van der Waals surface area contributed by atoms with E-state index in [9.17, 15) is 4.79 Å². The van der Waals surface area contributed by atoms with E-state index in [0.717, 1.165) is 30.3 Å². The molecule has 0 spiro atoms. The topological polar surface area (TPSA) is 50.4 Å². The Bertz CT molecular complexity index is 456. The molecule has 1 aromatic carbocycles. The van der Waals surface area contributed by atoms with Gasteiger partial charge in [-0.2, -0.15) is 0 Å². The highest BCUT2D eigenvalue weighted by Crippen LogP contribution is 2.27. The second-order valence-electron chi connectivity index (χ2n) is 6.18. The van der Waals surface area contributed by atoms with Gasteiger partial charge in [0.25, 0.3) is 0 Å². The Labute approximate surface area is 127 Å². The smallest absolute Gasteiger partial charge is 0.238 e. The Balaban J connectivity index is 1.72. The molecule has 21 heavy (non-hydrogen) atoms. The number of carbonyl (C=O) groups excluding carboxylic acids is 1. The summed E-state index contributed by atoms with van der Waals surface area (Å²) in [5, 5.41) is 6.08. The average molecular weight is 290 g/mol. The van der Waals surface area contributed by atoms with Crippen LogP contribution in [0.3, 0.4) is 0 Å². The van der Waals surface area contributed by atoms with Gasteiger partial charge < -0.3 is 15.4 Å². The van der Waals surface area contributed by atoms with E-state index in [-0.39, 0.29) is 5.91 Å². The van der Waals surface area contributed by atoms with Crippen molar-refractivity contribution in [3.63, 3.8) is 0 Å². The van der Waals surface area contributed by atoms with Crippen molar-refractivity contribution in [1.29, 1.82) is 0 Å². The molecule has 2 rings (SSSR count). The van der Waals surface area contributed by atoms with Gasteiger partial charge in [0.2, 0.25) is 5.91 Å². The van der Waals surface area contributed by atoms with Gasteiger partial charge in [-0.05, 0) is 49.8 Å². The summed E-state index contributed by atoms with van der Waals surface area (Å²) in [5.74, 6) is 2.22. The molecule has 4 nitrogen and oxygen atoms in total. The zero-order chi connectivity index (χ0) is 15.1. The van der Waals surface area contributed by atoms with Crippen molar-refractivity contribution in [2.75, 3.05) is 25.0 Å². The highest BCUT2D eigenvalue weighted by molar-refractivity contribution is 5.92. The van der Waals surface area contributed by atoms with Crippen molar-refractivity contribution < 1.29 is 9.53 Å². The number of hydrogen-bond acceptors (Lipinski definition) is 3. The van der Waals surface area contributed by atoms with E-state index in [4.69, 9.17) is 4.74 Å². The fourth-order valence-electron chi connectivity index (χ4n) is 1.99. The van der Waals surface area contributed by atoms with Crippen LogP contribution in [0.15, 0.2) is 24.3 Å². The van der Waals surface area contributed by atoms with E-state index in [0.29, 0.717) is 19.1 Å². The zero-order valence-electron chi connectivity index (χ0n) is 13.0. The molecule has 0 heterocycles. The highest BCUT2D eigenvalue weighted by Gasteiger charge is 2.20. The molecule has 0 aliphatic heterocycles. The lowest BCUT2D eigenvalue weighted by Gasteiger charge is -2.10. The van der Waals surface area contributed by atoms with Gasteiger partial charge in [0.05, 0.1) is 13.2 Å². The lowest BCUT2D eigenvalue weighted by Crippen LogP contribution is -2.29. The van der Waals surface area contributed by atoms with E-state index in [1.54, 1.807) is 0 Å². The maximum atomic E-state index is 11.8. The molecule has 1 aliphatic carbocycles. The Morgan fingerprint density at radius 1 is 1.38 bits per heavy atom. The molecule has 1 aromatic rings. The fraction of sp³-hybridized carbons (Fsp3) is 0.588. The van der Waals surface area contributed by atoms with Crippen molar-refractivity contribution in [2.45, 2.75) is 33.1 Å². The maximum absolute atomic E-state index is 11.8. The number of anilines is 1. The summed E-state index contributed by atoms with van der Waals surface area (Å²) in [6.07, 6.45) is 3.62. The largest absolute Gasteiger partial charge is 0.494 e.